The third-order valence-electron chi connectivity index (χ3n) is 8.05. The minimum Gasteiger partial charge on any atom is -0.445 e. The number of Topliss-reactive ketones (excluding diaryl/α,β-unsaturated/α-hetero) is 1. The van der Waals surface area contributed by atoms with E-state index in [0.717, 1.165) is 18.4 Å². The number of nitrogens with zero attached hydrogens (tertiary/aromatic N) is 2. The highest BCUT2D eigenvalue weighted by atomic mass is 28.4. The number of piperidine rings is 1. The van der Waals surface area contributed by atoms with E-state index in [1.165, 1.54) is 0 Å². The molecule has 0 spiro atoms. The van der Waals surface area contributed by atoms with Crippen LogP contribution in [-0.4, -0.2) is 44.3 Å². The number of fused-ring (bicyclic) bond motifs is 1. The second-order valence-electron chi connectivity index (χ2n) is 11.0. The number of benzene rings is 1. The van der Waals surface area contributed by atoms with Crippen LogP contribution in [0.5, 0.6) is 0 Å². The van der Waals surface area contributed by atoms with Crippen molar-refractivity contribution in [1.29, 1.82) is 5.26 Å². The van der Waals surface area contributed by atoms with Crippen LogP contribution in [0.15, 0.2) is 30.3 Å². The van der Waals surface area contributed by atoms with Gasteiger partial charge in [0.1, 0.15) is 12.5 Å². The number of carbonyl (C=O) groups excluding carboxylic acids is 2. The van der Waals surface area contributed by atoms with Crippen molar-refractivity contribution in [3.8, 4) is 6.07 Å². The fourth-order valence-corrected chi connectivity index (χ4v) is 6.15. The van der Waals surface area contributed by atoms with E-state index in [-0.39, 0.29) is 29.6 Å². The third-order valence-corrected chi connectivity index (χ3v) is 12.6. The summed E-state index contributed by atoms with van der Waals surface area (Å²) in [6.07, 6.45) is 2.67. The first-order valence-electron chi connectivity index (χ1n) is 12.1. The van der Waals surface area contributed by atoms with Gasteiger partial charge in [0.25, 0.3) is 0 Å². The quantitative estimate of drug-likeness (QED) is 0.499. The molecule has 1 heterocycles. The average molecular weight is 471 g/mol. The molecular weight excluding hydrogens is 432 g/mol. The van der Waals surface area contributed by atoms with Crippen molar-refractivity contribution in [3.63, 3.8) is 0 Å². The normalized spacial score (nSPS) is 25.8. The topological polar surface area (TPSA) is 79.6 Å². The predicted molar refractivity (Wildman–Crippen MR) is 130 cm³/mol. The molecule has 3 atom stereocenters. The Labute approximate surface area is 199 Å². The molecule has 180 valence electrons. The number of likely N-dealkylation sites (tertiary alicyclic amines) is 1. The lowest BCUT2D eigenvalue weighted by molar-refractivity contribution is -0.136. The van der Waals surface area contributed by atoms with Gasteiger partial charge in [0.05, 0.1) is 6.07 Å². The van der Waals surface area contributed by atoms with Gasteiger partial charge in [-0.05, 0) is 49.4 Å². The van der Waals surface area contributed by atoms with E-state index in [0.29, 0.717) is 32.4 Å². The highest BCUT2D eigenvalue weighted by Crippen LogP contribution is 2.51. The van der Waals surface area contributed by atoms with Gasteiger partial charge >= 0.3 is 6.09 Å². The summed E-state index contributed by atoms with van der Waals surface area (Å²) < 4.78 is 12.1. The first-order valence-corrected chi connectivity index (χ1v) is 15.0. The highest BCUT2D eigenvalue weighted by Gasteiger charge is 2.56. The number of ketones is 1. The number of hydrogen-bond acceptors (Lipinski definition) is 5. The number of nitriles is 1. The minimum absolute atomic E-state index is 0.000536. The molecule has 1 aliphatic carbocycles. The monoisotopic (exact) mass is 470 g/mol. The van der Waals surface area contributed by atoms with Crippen LogP contribution in [-0.2, 0) is 20.6 Å². The van der Waals surface area contributed by atoms with Crippen molar-refractivity contribution in [3.05, 3.63) is 35.9 Å². The van der Waals surface area contributed by atoms with Gasteiger partial charge in [-0.15, -0.1) is 0 Å². The summed E-state index contributed by atoms with van der Waals surface area (Å²) in [6, 6.07) is 11.8. The lowest BCUT2D eigenvalue weighted by atomic mass is 9.57. The molecule has 7 heteroatoms. The zero-order chi connectivity index (χ0) is 24.3. The summed E-state index contributed by atoms with van der Waals surface area (Å²) in [5, 5.41) is 10.1. The Bertz CT molecular complexity index is 890. The Morgan fingerprint density at radius 1 is 1.27 bits per heavy atom. The van der Waals surface area contributed by atoms with Crippen molar-refractivity contribution in [2.75, 3.05) is 13.2 Å². The average Bonchev–Trinajstić information content (AvgIpc) is 2.76. The summed E-state index contributed by atoms with van der Waals surface area (Å²) in [5.74, 6) is -0.704. The summed E-state index contributed by atoms with van der Waals surface area (Å²) in [6.45, 7) is 12.3. The highest BCUT2D eigenvalue weighted by molar-refractivity contribution is 6.74. The number of rotatable bonds is 6. The van der Waals surface area contributed by atoms with Crippen LogP contribution in [0.1, 0.15) is 58.4 Å². The summed E-state index contributed by atoms with van der Waals surface area (Å²) in [7, 11) is -1.96. The Hall–Kier alpha value is -2.17. The molecule has 1 aromatic carbocycles. The lowest BCUT2D eigenvalue weighted by Gasteiger charge is -2.54. The second kappa shape index (κ2) is 9.98. The molecule has 1 amide bonds. The van der Waals surface area contributed by atoms with Crippen LogP contribution in [0.25, 0.3) is 0 Å². The molecule has 1 saturated heterocycles. The lowest BCUT2D eigenvalue weighted by Crippen LogP contribution is -2.61. The molecule has 33 heavy (non-hydrogen) atoms. The summed E-state index contributed by atoms with van der Waals surface area (Å²) >= 11 is 0. The molecule has 1 aromatic rings. The Kier molecular flexibility index (Phi) is 7.70. The molecule has 0 aromatic heterocycles. The van der Waals surface area contributed by atoms with Gasteiger partial charge in [0.15, 0.2) is 14.1 Å². The standard InChI is InChI=1S/C26H38N2O4Si/c1-25(2,3)33(4,5)32-17-15-26-14-9-16-28(23(26)13-12-22(29)21(26)18-27)24(30)31-19-20-10-7-6-8-11-20/h6-8,10-11,21,23H,9,12-17,19H2,1-5H3/t21-,23?,26-/m1/s1. The van der Waals surface area contributed by atoms with Crippen LogP contribution in [0, 0.1) is 22.7 Å². The van der Waals surface area contributed by atoms with Crippen molar-refractivity contribution in [2.45, 2.75) is 83.7 Å². The van der Waals surface area contributed by atoms with Gasteiger partial charge in [-0.1, -0.05) is 51.1 Å². The fraction of sp³-hybridized carbons (Fsp3) is 0.654. The van der Waals surface area contributed by atoms with Crippen LogP contribution in [0.4, 0.5) is 4.79 Å². The SMILES string of the molecule is CC(C)(C)[Si](C)(C)OCC[C@@]12CCCN(C(=O)OCc3ccccc3)C1CCC(=O)[C@H]2C#N. The van der Waals surface area contributed by atoms with Gasteiger partial charge in [-0.3, -0.25) is 4.79 Å². The minimum atomic E-state index is -1.96. The number of ether oxygens (including phenoxy) is 1. The number of carbonyl (C=O) groups is 2. The van der Waals surface area contributed by atoms with Crippen LogP contribution in [0.3, 0.4) is 0 Å². The van der Waals surface area contributed by atoms with Crippen LogP contribution >= 0.6 is 0 Å². The van der Waals surface area contributed by atoms with Crippen molar-refractivity contribution >= 4 is 20.2 Å². The van der Waals surface area contributed by atoms with E-state index in [1.807, 2.05) is 30.3 Å². The Morgan fingerprint density at radius 3 is 2.61 bits per heavy atom. The van der Waals surface area contributed by atoms with Crippen molar-refractivity contribution in [2.24, 2.45) is 11.3 Å². The maximum Gasteiger partial charge on any atom is 0.410 e. The zero-order valence-electron chi connectivity index (χ0n) is 20.7. The van der Waals surface area contributed by atoms with Gasteiger partial charge in [0.2, 0.25) is 0 Å². The Morgan fingerprint density at radius 2 is 1.97 bits per heavy atom. The van der Waals surface area contributed by atoms with E-state index in [2.05, 4.69) is 39.9 Å². The molecule has 1 saturated carbocycles. The van der Waals surface area contributed by atoms with Gasteiger partial charge < -0.3 is 14.1 Å². The number of hydrogen-bond donors (Lipinski definition) is 0. The third kappa shape index (κ3) is 5.33. The maximum atomic E-state index is 13.1. The van der Waals surface area contributed by atoms with Gasteiger partial charge in [-0.2, -0.15) is 5.26 Å². The summed E-state index contributed by atoms with van der Waals surface area (Å²) in [5.41, 5.74) is 0.363. The van der Waals surface area contributed by atoms with E-state index in [1.54, 1.807) is 4.90 Å². The molecule has 0 bridgehead atoms. The van der Waals surface area contributed by atoms with Crippen molar-refractivity contribution in [1.82, 2.24) is 4.90 Å². The molecule has 0 N–H and O–H groups in total. The van der Waals surface area contributed by atoms with E-state index in [4.69, 9.17) is 9.16 Å². The van der Waals surface area contributed by atoms with Crippen molar-refractivity contribution < 1.29 is 18.8 Å². The maximum absolute atomic E-state index is 13.1. The summed E-state index contributed by atoms with van der Waals surface area (Å²) in [4.78, 5) is 27.7. The fourth-order valence-electron chi connectivity index (χ4n) is 5.11. The van der Waals surface area contributed by atoms with Crippen LogP contribution < -0.4 is 0 Å². The number of amides is 1. The zero-order valence-corrected chi connectivity index (χ0v) is 21.7. The largest absolute Gasteiger partial charge is 0.445 e. The first-order chi connectivity index (χ1) is 15.5. The molecule has 1 aliphatic heterocycles. The van der Waals surface area contributed by atoms with Gasteiger partial charge in [-0.25, -0.2) is 4.79 Å². The van der Waals surface area contributed by atoms with Gasteiger partial charge in [0, 0.05) is 31.0 Å². The van der Waals surface area contributed by atoms with E-state index in [9.17, 15) is 14.9 Å². The molecular formula is C26H38N2O4Si. The smallest absolute Gasteiger partial charge is 0.410 e. The molecule has 2 fully saturated rings. The second-order valence-corrected chi connectivity index (χ2v) is 15.8. The van der Waals surface area contributed by atoms with E-state index >= 15 is 0 Å². The predicted octanol–water partition coefficient (Wildman–Crippen LogP) is 5.69. The molecule has 6 nitrogen and oxygen atoms in total. The first kappa shape index (κ1) is 25.4. The Balaban J connectivity index is 1.79. The van der Waals surface area contributed by atoms with E-state index < -0.39 is 19.7 Å². The molecule has 2 aliphatic rings. The molecule has 1 unspecified atom stereocenters. The van der Waals surface area contributed by atoms with Crippen LogP contribution in [0.2, 0.25) is 18.1 Å². The molecule has 3 rings (SSSR count). The molecule has 0 radical (unpaired) electrons.